The molecule has 5 heteroatoms. The van der Waals surface area contributed by atoms with Crippen molar-refractivity contribution in [3.8, 4) is 11.8 Å². The minimum atomic E-state index is -1.23. The van der Waals surface area contributed by atoms with Crippen molar-refractivity contribution in [2.45, 2.75) is 12.8 Å². The topological polar surface area (TPSA) is 83.0 Å². The third-order valence-corrected chi connectivity index (χ3v) is 1.93. The quantitative estimate of drug-likeness (QED) is 0.641. The Balaban J connectivity index is 2.35. The summed E-state index contributed by atoms with van der Waals surface area (Å²) in [6.45, 7) is 0. The average Bonchev–Trinajstić information content (AvgIpc) is 2.97. The van der Waals surface area contributed by atoms with Crippen LogP contribution in [0.2, 0.25) is 0 Å². The number of aromatic nitrogens is 2. The van der Waals surface area contributed by atoms with E-state index in [2.05, 4.69) is 21.8 Å². The van der Waals surface area contributed by atoms with Crippen molar-refractivity contribution < 1.29 is 9.90 Å². The second kappa shape index (κ2) is 3.58. The number of hydrogen-bond donors (Lipinski definition) is 2. The number of nitrogens with zero attached hydrogens (tertiary/aromatic N) is 1. The van der Waals surface area contributed by atoms with E-state index in [-0.39, 0.29) is 11.5 Å². The third kappa shape index (κ3) is 2.44. The van der Waals surface area contributed by atoms with Gasteiger partial charge in [-0.05, 0) is 18.8 Å². The first-order valence-electron chi connectivity index (χ1n) is 4.51. The molecule has 0 spiro atoms. The van der Waals surface area contributed by atoms with Crippen molar-refractivity contribution in [3.05, 3.63) is 27.9 Å². The first kappa shape index (κ1) is 9.46. The summed E-state index contributed by atoms with van der Waals surface area (Å²) in [5.41, 5.74) is -0.777. The molecule has 76 valence electrons. The molecule has 1 saturated carbocycles. The number of nitrogens with one attached hydrogen (secondary N) is 1. The Labute approximate surface area is 85.2 Å². The van der Waals surface area contributed by atoms with E-state index in [0.717, 1.165) is 18.9 Å². The van der Waals surface area contributed by atoms with Crippen LogP contribution in [0.15, 0.2) is 10.9 Å². The van der Waals surface area contributed by atoms with Gasteiger partial charge in [-0.2, -0.15) is 0 Å². The molecular weight excluding hydrogens is 196 g/mol. The number of carbonyl (C=O) groups is 1. The van der Waals surface area contributed by atoms with E-state index >= 15 is 0 Å². The van der Waals surface area contributed by atoms with Gasteiger partial charge in [-0.3, -0.25) is 9.78 Å². The lowest BCUT2D eigenvalue weighted by Crippen LogP contribution is -2.14. The Morgan fingerprint density at radius 3 is 2.93 bits per heavy atom. The summed E-state index contributed by atoms with van der Waals surface area (Å²) in [4.78, 5) is 27.7. The molecule has 1 aromatic heterocycles. The SMILES string of the molecule is O=C(O)c1cc(=O)[nH]c(C#CC2CC2)n1. The van der Waals surface area contributed by atoms with E-state index in [1.54, 1.807) is 0 Å². The van der Waals surface area contributed by atoms with Crippen LogP contribution in [-0.4, -0.2) is 21.0 Å². The van der Waals surface area contributed by atoms with Gasteiger partial charge in [0.05, 0.1) is 0 Å². The zero-order chi connectivity index (χ0) is 10.8. The molecule has 0 saturated heterocycles. The van der Waals surface area contributed by atoms with Gasteiger partial charge >= 0.3 is 5.97 Å². The molecule has 0 unspecified atom stereocenters. The largest absolute Gasteiger partial charge is 0.477 e. The maximum atomic E-state index is 11.0. The van der Waals surface area contributed by atoms with E-state index < -0.39 is 11.5 Å². The minimum absolute atomic E-state index is 0.117. The number of aromatic amines is 1. The fourth-order valence-electron chi connectivity index (χ4n) is 1.02. The molecule has 0 bridgehead atoms. The van der Waals surface area contributed by atoms with Gasteiger partial charge in [0.1, 0.15) is 0 Å². The van der Waals surface area contributed by atoms with E-state index in [1.807, 2.05) is 0 Å². The Bertz CT molecular complexity index is 517. The molecule has 1 heterocycles. The van der Waals surface area contributed by atoms with Crippen molar-refractivity contribution in [2.75, 3.05) is 0 Å². The Morgan fingerprint density at radius 1 is 1.60 bits per heavy atom. The summed E-state index contributed by atoms with van der Waals surface area (Å²) in [6, 6.07) is 0.935. The molecule has 0 aliphatic heterocycles. The minimum Gasteiger partial charge on any atom is -0.477 e. The Kier molecular flexibility index (Phi) is 2.26. The van der Waals surface area contributed by atoms with Gasteiger partial charge in [-0.25, -0.2) is 9.78 Å². The standard InChI is InChI=1S/C10H8N2O3/c13-9-5-7(10(14)15)11-8(12-9)4-3-6-1-2-6/h5-6H,1-2H2,(H,14,15)(H,11,12,13). The first-order chi connectivity index (χ1) is 7.15. The lowest BCUT2D eigenvalue weighted by Gasteiger charge is -1.93. The van der Waals surface area contributed by atoms with Crippen molar-refractivity contribution in [1.82, 2.24) is 9.97 Å². The predicted octanol–water partition coefficient (Wildman–Crippen LogP) is 0.230. The molecule has 1 aliphatic carbocycles. The highest BCUT2D eigenvalue weighted by molar-refractivity contribution is 5.85. The second-order valence-electron chi connectivity index (χ2n) is 3.33. The third-order valence-electron chi connectivity index (χ3n) is 1.93. The molecule has 0 aromatic carbocycles. The maximum absolute atomic E-state index is 11.0. The molecular formula is C10H8N2O3. The monoisotopic (exact) mass is 204 g/mol. The normalized spacial score (nSPS) is 14.1. The van der Waals surface area contributed by atoms with Gasteiger partial charge in [0, 0.05) is 12.0 Å². The van der Waals surface area contributed by atoms with E-state index in [0.29, 0.717) is 5.92 Å². The molecule has 0 radical (unpaired) electrons. The fraction of sp³-hybridized carbons (Fsp3) is 0.300. The fourth-order valence-corrected chi connectivity index (χ4v) is 1.02. The number of H-pyrrole nitrogens is 1. The maximum Gasteiger partial charge on any atom is 0.354 e. The summed E-state index contributed by atoms with van der Waals surface area (Å²) in [6.07, 6.45) is 2.13. The molecule has 0 amide bonds. The molecule has 1 aliphatic rings. The smallest absolute Gasteiger partial charge is 0.354 e. The molecule has 2 N–H and O–H groups in total. The summed E-state index contributed by atoms with van der Waals surface area (Å²) in [5.74, 6) is 4.82. The van der Waals surface area contributed by atoms with Crippen LogP contribution < -0.4 is 5.56 Å². The Hall–Kier alpha value is -2.09. The van der Waals surface area contributed by atoms with Crippen LogP contribution in [0.3, 0.4) is 0 Å². The van der Waals surface area contributed by atoms with Crippen LogP contribution in [0.5, 0.6) is 0 Å². The van der Waals surface area contributed by atoms with Crippen molar-refractivity contribution >= 4 is 5.97 Å². The van der Waals surface area contributed by atoms with E-state index in [1.165, 1.54) is 0 Å². The highest BCUT2D eigenvalue weighted by Crippen LogP contribution is 2.27. The zero-order valence-corrected chi connectivity index (χ0v) is 7.78. The second-order valence-corrected chi connectivity index (χ2v) is 3.33. The van der Waals surface area contributed by atoms with Crippen LogP contribution in [0.1, 0.15) is 29.2 Å². The molecule has 1 aromatic rings. The molecule has 2 rings (SSSR count). The lowest BCUT2D eigenvalue weighted by molar-refractivity contribution is 0.0690. The van der Waals surface area contributed by atoms with Gasteiger partial charge in [0.2, 0.25) is 0 Å². The number of carboxylic acid groups (broad SMARTS) is 1. The molecule has 1 fully saturated rings. The van der Waals surface area contributed by atoms with Gasteiger partial charge in [0.25, 0.3) is 5.56 Å². The van der Waals surface area contributed by atoms with Gasteiger partial charge < -0.3 is 5.11 Å². The molecule has 0 atom stereocenters. The highest BCUT2D eigenvalue weighted by atomic mass is 16.4. The molecule has 15 heavy (non-hydrogen) atoms. The summed E-state index contributed by atoms with van der Waals surface area (Å²) in [5, 5.41) is 8.66. The molecule has 5 nitrogen and oxygen atoms in total. The highest BCUT2D eigenvalue weighted by Gasteiger charge is 2.18. The van der Waals surface area contributed by atoms with Gasteiger partial charge in [0.15, 0.2) is 11.5 Å². The average molecular weight is 204 g/mol. The van der Waals surface area contributed by atoms with E-state index in [4.69, 9.17) is 5.11 Å². The van der Waals surface area contributed by atoms with Crippen LogP contribution in [0, 0.1) is 17.8 Å². The van der Waals surface area contributed by atoms with Crippen LogP contribution in [0.25, 0.3) is 0 Å². The van der Waals surface area contributed by atoms with Crippen LogP contribution >= 0.6 is 0 Å². The predicted molar refractivity (Wildman–Crippen MR) is 51.4 cm³/mol. The number of rotatable bonds is 1. The Morgan fingerprint density at radius 2 is 2.33 bits per heavy atom. The van der Waals surface area contributed by atoms with Crippen molar-refractivity contribution in [1.29, 1.82) is 0 Å². The number of carboxylic acids is 1. The summed E-state index contributed by atoms with van der Waals surface area (Å²) >= 11 is 0. The van der Waals surface area contributed by atoms with Crippen molar-refractivity contribution in [2.24, 2.45) is 5.92 Å². The van der Waals surface area contributed by atoms with Crippen LogP contribution in [-0.2, 0) is 0 Å². The van der Waals surface area contributed by atoms with Crippen LogP contribution in [0.4, 0.5) is 0 Å². The number of aromatic carboxylic acids is 1. The van der Waals surface area contributed by atoms with E-state index in [9.17, 15) is 9.59 Å². The zero-order valence-electron chi connectivity index (χ0n) is 7.78. The lowest BCUT2D eigenvalue weighted by atomic mass is 10.4. The summed E-state index contributed by atoms with van der Waals surface area (Å²) < 4.78 is 0. The first-order valence-corrected chi connectivity index (χ1v) is 4.51. The summed E-state index contributed by atoms with van der Waals surface area (Å²) in [7, 11) is 0. The number of hydrogen-bond acceptors (Lipinski definition) is 3. The van der Waals surface area contributed by atoms with Crippen molar-refractivity contribution in [3.63, 3.8) is 0 Å². The van der Waals surface area contributed by atoms with Gasteiger partial charge in [-0.1, -0.05) is 5.92 Å². The van der Waals surface area contributed by atoms with Gasteiger partial charge in [-0.15, -0.1) is 0 Å².